The Balaban J connectivity index is 2.73. The Bertz CT molecular complexity index is 681. The molecule has 0 aliphatic carbocycles. The number of carbonyl (C=O) groups is 2. The molecule has 1 aliphatic rings. The van der Waals surface area contributed by atoms with Crippen molar-refractivity contribution in [2.24, 2.45) is 5.92 Å². The molecule has 23 heavy (non-hydrogen) atoms. The molecule has 0 saturated carbocycles. The van der Waals surface area contributed by atoms with E-state index in [-0.39, 0.29) is 11.1 Å². The molecule has 1 atom stereocenters. The second kappa shape index (κ2) is 5.01. The average Bonchev–Trinajstić information content (AvgIpc) is 2.42. The predicted molar refractivity (Wildman–Crippen MR) is 71.1 cm³/mol. The fourth-order valence-electron chi connectivity index (χ4n) is 2.53. The van der Waals surface area contributed by atoms with Crippen molar-refractivity contribution in [3.8, 4) is 0 Å². The predicted octanol–water partition coefficient (Wildman–Crippen LogP) is 3.52. The molecular weight excluding hydrogens is 321 g/mol. The van der Waals surface area contributed by atoms with Crippen LogP contribution < -0.4 is 5.32 Å². The molecule has 8 heteroatoms. The van der Waals surface area contributed by atoms with E-state index in [1.165, 1.54) is 6.92 Å². The molecule has 0 saturated heterocycles. The van der Waals surface area contributed by atoms with E-state index in [0.717, 1.165) is 6.07 Å². The van der Waals surface area contributed by atoms with E-state index in [2.05, 4.69) is 5.32 Å². The molecule has 2 rings (SSSR count). The number of nitrogens with one attached hydrogen (secondary N) is 1. The summed E-state index contributed by atoms with van der Waals surface area (Å²) in [5.74, 6) is -7.04. The SMILES string of the molecule is CC(C)C1(C)C(=O)NC(=O)c2ccc(C(F)(F)C(F)(F)F)cc21. The van der Waals surface area contributed by atoms with Crippen LogP contribution >= 0.6 is 0 Å². The van der Waals surface area contributed by atoms with Gasteiger partial charge in [-0.2, -0.15) is 22.0 Å². The Morgan fingerprint density at radius 3 is 2.13 bits per heavy atom. The van der Waals surface area contributed by atoms with Crippen molar-refractivity contribution in [3.63, 3.8) is 0 Å². The first kappa shape index (κ1) is 17.4. The van der Waals surface area contributed by atoms with E-state index in [1.54, 1.807) is 13.8 Å². The van der Waals surface area contributed by atoms with Gasteiger partial charge >= 0.3 is 12.1 Å². The highest BCUT2D eigenvalue weighted by Crippen LogP contribution is 2.46. The molecule has 0 aromatic heterocycles. The summed E-state index contributed by atoms with van der Waals surface area (Å²) in [6.45, 7) is 4.65. The molecule has 1 unspecified atom stereocenters. The lowest BCUT2D eigenvalue weighted by atomic mass is 9.68. The van der Waals surface area contributed by atoms with Crippen LogP contribution in [0.1, 0.15) is 42.3 Å². The number of fused-ring (bicyclic) bond motifs is 1. The van der Waals surface area contributed by atoms with Gasteiger partial charge in [0.1, 0.15) is 0 Å². The van der Waals surface area contributed by atoms with Crippen LogP contribution in [0.5, 0.6) is 0 Å². The molecule has 2 amide bonds. The van der Waals surface area contributed by atoms with E-state index >= 15 is 0 Å². The number of carbonyl (C=O) groups excluding carboxylic acids is 2. The van der Waals surface area contributed by atoms with Gasteiger partial charge in [0.05, 0.1) is 5.41 Å². The first-order valence-electron chi connectivity index (χ1n) is 6.78. The first-order chi connectivity index (χ1) is 10.3. The quantitative estimate of drug-likeness (QED) is 0.664. The zero-order valence-corrected chi connectivity index (χ0v) is 12.5. The molecule has 0 spiro atoms. The van der Waals surface area contributed by atoms with E-state index in [0.29, 0.717) is 12.1 Å². The van der Waals surface area contributed by atoms with Crippen LogP contribution in [0.3, 0.4) is 0 Å². The third-order valence-corrected chi connectivity index (χ3v) is 4.40. The summed E-state index contributed by atoms with van der Waals surface area (Å²) in [5, 5.41) is 2.11. The number of amides is 2. The van der Waals surface area contributed by atoms with Gasteiger partial charge in [-0.1, -0.05) is 19.9 Å². The molecule has 1 aliphatic heterocycles. The van der Waals surface area contributed by atoms with Crippen LogP contribution in [0.2, 0.25) is 0 Å². The molecular formula is C15H14F5NO2. The topological polar surface area (TPSA) is 46.2 Å². The van der Waals surface area contributed by atoms with Gasteiger partial charge in [-0.3, -0.25) is 14.9 Å². The van der Waals surface area contributed by atoms with E-state index in [4.69, 9.17) is 0 Å². The van der Waals surface area contributed by atoms with Crippen LogP contribution in [0.15, 0.2) is 18.2 Å². The lowest BCUT2D eigenvalue weighted by Crippen LogP contribution is -2.53. The van der Waals surface area contributed by atoms with Crippen molar-refractivity contribution in [2.45, 2.75) is 38.3 Å². The Morgan fingerprint density at radius 2 is 1.65 bits per heavy atom. The van der Waals surface area contributed by atoms with Gasteiger partial charge < -0.3 is 0 Å². The normalized spacial score (nSPS) is 22.1. The molecule has 3 nitrogen and oxygen atoms in total. The maximum absolute atomic E-state index is 13.6. The average molecular weight is 335 g/mol. The summed E-state index contributed by atoms with van der Waals surface area (Å²) in [7, 11) is 0. The Hall–Kier alpha value is -1.99. The zero-order valence-electron chi connectivity index (χ0n) is 12.5. The minimum Gasteiger partial charge on any atom is -0.292 e. The zero-order chi connectivity index (χ0) is 17.8. The van der Waals surface area contributed by atoms with Crippen LogP contribution in [0.25, 0.3) is 0 Å². The Kier molecular flexibility index (Phi) is 3.78. The van der Waals surface area contributed by atoms with Crippen molar-refractivity contribution < 1.29 is 31.5 Å². The minimum atomic E-state index is -5.77. The number of halogens is 5. The standard InChI is InChI=1S/C15H14F5NO2/c1-7(2)13(3)10-6-8(14(16,17)15(18,19)20)4-5-9(10)11(22)21-12(13)23/h4-7H,1-3H3,(H,21,22,23). The molecule has 126 valence electrons. The van der Waals surface area contributed by atoms with Crippen molar-refractivity contribution in [1.29, 1.82) is 0 Å². The third kappa shape index (κ3) is 2.40. The number of rotatable bonds is 2. The fraction of sp³-hybridized carbons (Fsp3) is 0.467. The van der Waals surface area contributed by atoms with Crippen molar-refractivity contribution in [3.05, 3.63) is 34.9 Å². The second-order valence-corrected chi connectivity index (χ2v) is 5.97. The highest BCUT2D eigenvalue weighted by atomic mass is 19.4. The van der Waals surface area contributed by atoms with Crippen LogP contribution in [-0.2, 0) is 16.1 Å². The van der Waals surface area contributed by atoms with Gasteiger partial charge in [0, 0.05) is 11.1 Å². The van der Waals surface area contributed by atoms with Crippen LogP contribution in [0, 0.1) is 5.92 Å². The summed E-state index contributed by atoms with van der Waals surface area (Å²) in [5.41, 5.74) is -2.88. The van der Waals surface area contributed by atoms with Gasteiger partial charge in [-0.25, -0.2) is 0 Å². The number of hydrogen-bond donors (Lipinski definition) is 1. The smallest absolute Gasteiger partial charge is 0.292 e. The monoisotopic (exact) mass is 335 g/mol. The largest absolute Gasteiger partial charge is 0.458 e. The van der Waals surface area contributed by atoms with Crippen LogP contribution in [-0.4, -0.2) is 18.0 Å². The highest BCUT2D eigenvalue weighted by molar-refractivity contribution is 6.13. The molecule has 0 radical (unpaired) electrons. The van der Waals surface area contributed by atoms with Gasteiger partial charge in [0.25, 0.3) is 5.91 Å². The lowest BCUT2D eigenvalue weighted by Gasteiger charge is -2.38. The van der Waals surface area contributed by atoms with Gasteiger partial charge in [-0.15, -0.1) is 0 Å². The Morgan fingerprint density at radius 1 is 1.09 bits per heavy atom. The van der Waals surface area contributed by atoms with Crippen LogP contribution in [0.4, 0.5) is 22.0 Å². The van der Waals surface area contributed by atoms with E-state index < -0.39 is 40.8 Å². The first-order valence-corrected chi connectivity index (χ1v) is 6.78. The number of benzene rings is 1. The summed E-state index contributed by atoms with van der Waals surface area (Å²) >= 11 is 0. The third-order valence-electron chi connectivity index (χ3n) is 4.40. The number of imide groups is 1. The van der Waals surface area contributed by atoms with Gasteiger partial charge in [0.2, 0.25) is 5.91 Å². The lowest BCUT2D eigenvalue weighted by molar-refractivity contribution is -0.289. The maximum atomic E-state index is 13.6. The number of hydrogen-bond acceptors (Lipinski definition) is 2. The molecule has 1 aromatic rings. The van der Waals surface area contributed by atoms with Crippen molar-refractivity contribution in [1.82, 2.24) is 5.32 Å². The highest BCUT2D eigenvalue weighted by Gasteiger charge is 2.59. The summed E-state index contributed by atoms with van der Waals surface area (Å²) < 4.78 is 64.8. The Labute approximate surface area is 128 Å². The molecule has 0 bridgehead atoms. The van der Waals surface area contributed by atoms with E-state index in [9.17, 15) is 31.5 Å². The summed E-state index contributed by atoms with van der Waals surface area (Å²) in [6.07, 6.45) is -5.77. The molecule has 1 aromatic carbocycles. The minimum absolute atomic E-state index is 0.0810. The van der Waals surface area contributed by atoms with E-state index in [1.807, 2.05) is 0 Å². The summed E-state index contributed by atoms with van der Waals surface area (Å²) in [4.78, 5) is 24.0. The molecule has 1 heterocycles. The number of alkyl halides is 5. The van der Waals surface area contributed by atoms with Crippen molar-refractivity contribution >= 4 is 11.8 Å². The summed E-state index contributed by atoms with van der Waals surface area (Å²) in [6, 6.07) is 2.06. The second-order valence-electron chi connectivity index (χ2n) is 5.97. The van der Waals surface area contributed by atoms with Gasteiger partial charge in [-0.05, 0) is 30.5 Å². The van der Waals surface area contributed by atoms with Crippen molar-refractivity contribution in [2.75, 3.05) is 0 Å². The molecule has 0 fully saturated rings. The van der Waals surface area contributed by atoms with Gasteiger partial charge in [0.15, 0.2) is 0 Å². The maximum Gasteiger partial charge on any atom is 0.458 e. The molecule has 1 N–H and O–H groups in total. The fourth-order valence-corrected chi connectivity index (χ4v) is 2.53.